The van der Waals surface area contributed by atoms with Crippen molar-refractivity contribution >= 4 is 40.5 Å². The predicted molar refractivity (Wildman–Crippen MR) is 108 cm³/mol. The lowest BCUT2D eigenvalue weighted by Crippen LogP contribution is -2.03. The van der Waals surface area contributed by atoms with Crippen LogP contribution < -0.4 is 15.4 Å². The summed E-state index contributed by atoms with van der Waals surface area (Å²) in [5, 5.41) is 6.95. The number of ether oxygens (including phenoxy) is 1. The average Bonchev–Trinajstić information content (AvgIpc) is 2.62. The van der Waals surface area contributed by atoms with Crippen molar-refractivity contribution in [3.8, 4) is 5.75 Å². The van der Waals surface area contributed by atoms with E-state index in [9.17, 15) is 4.79 Å². The molecule has 0 radical (unpaired) electrons. The highest BCUT2D eigenvalue weighted by Gasteiger charge is 2.08. The Labute approximate surface area is 162 Å². The third kappa shape index (κ3) is 4.74. The van der Waals surface area contributed by atoms with E-state index in [1.54, 1.807) is 37.4 Å². The van der Waals surface area contributed by atoms with E-state index in [-0.39, 0.29) is 5.78 Å². The number of nitrogens with one attached hydrogen (secondary N) is 2. The van der Waals surface area contributed by atoms with Crippen molar-refractivity contribution in [3.05, 3.63) is 64.8 Å². The lowest BCUT2D eigenvalue weighted by Gasteiger charge is -2.13. The van der Waals surface area contributed by atoms with Crippen molar-refractivity contribution in [2.75, 3.05) is 17.7 Å². The number of anilines is 4. The fraction of sp³-hybridized carbons (Fsp3) is 0.150. The van der Waals surface area contributed by atoms with Gasteiger partial charge in [-0.15, -0.1) is 0 Å². The van der Waals surface area contributed by atoms with Crippen molar-refractivity contribution in [2.24, 2.45) is 0 Å². The van der Waals surface area contributed by atoms with Gasteiger partial charge in [-0.25, -0.2) is 4.98 Å². The minimum atomic E-state index is 0.0234. The number of hydrogen-bond donors (Lipinski definition) is 2. The number of aromatic nitrogens is 2. The summed E-state index contributed by atoms with van der Waals surface area (Å²) < 4.78 is 5.35. The Morgan fingerprint density at radius 3 is 2.44 bits per heavy atom. The molecule has 27 heavy (non-hydrogen) atoms. The zero-order valence-electron chi connectivity index (χ0n) is 15.2. The maximum Gasteiger partial charge on any atom is 0.229 e. The van der Waals surface area contributed by atoms with E-state index in [0.717, 1.165) is 11.4 Å². The van der Waals surface area contributed by atoms with E-state index < -0.39 is 0 Å². The molecule has 0 fully saturated rings. The number of ketones is 1. The SMILES string of the molecule is COc1ccc(Cl)cc1Nc1cc(C)nc(Nc2ccc(C(C)=O)cc2)n1. The third-order valence-corrected chi connectivity index (χ3v) is 4.06. The molecule has 6 nitrogen and oxygen atoms in total. The monoisotopic (exact) mass is 382 g/mol. The van der Waals surface area contributed by atoms with Crippen LogP contribution in [0.1, 0.15) is 23.0 Å². The van der Waals surface area contributed by atoms with E-state index in [0.29, 0.717) is 33.8 Å². The van der Waals surface area contributed by atoms with Gasteiger partial charge >= 0.3 is 0 Å². The Bertz CT molecular complexity index is 974. The quantitative estimate of drug-likeness (QED) is 0.575. The molecule has 0 saturated carbocycles. The summed E-state index contributed by atoms with van der Waals surface area (Å²) in [5.41, 5.74) is 2.94. The van der Waals surface area contributed by atoms with Gasteiger partial charge in [0.1, 0.15) is 11.6 Å². The number of benzene rings is 2. The van der Waals surface area contributed by atoms with Crippen LogP contribution in [0.15, 0.2) is 48.5 Å². The van der Waals surface area contributed by atoms with E-state index in [2.05, 4.69) is 20.6 Å². The molecule has 0 aliphatic carbocycles. The number of rotatable bonds is 6. The van der Waals surface area contributed by atoms with Crippen molar-refractivity contribution in [3.63, 3.8) is 0 Å². The fourth-order valence-corrected chi connectivity index (χ4v) is 2.69. The largest absolute Gasteiger partial charge is 0.495 e. The smallest absolute Gasteiger partial charge is 0.229 e. The average molecular weight is 383 g/mol. The molecule has 0 amide bonds. The number of carbonyl (C=O) groups excluding carboxylic acids is 1. The summed E-state index contributed by atoms with van der Waals surface area (Å²) in [6.07, 6.45) is 0. The van der Waals surface area contributed by atoms with Crippen LogP contribution in [-0.2, 0) is 0 Å². The van der Waals surface area contributed by atoms with Crippen molar-refractivity contribution in [1.82, 2.24) is 9.97 Å². The van der Waals surface area contributed by atoms with Gasteiger partial charge in [-0.1, -0.05) is 11.6 Å². The second-order valence-corrected chi connectivity index (χ2v) is 6.38. The highest BCUT2D eigenvalue weighted by atomic mass is 35.5. The van der Waals surface area contributed by atoms with Gasteiger partial charge in [-0.2, -0.15) is 4.98 Å². The lowest BCUT2D eigenvalue weighted by molar-refractivity contribution is 0.101. The molecule has 1 heterocycles. The summed E-state index contributed by atoms with van der Waals surface area (Å²) >= 11 is 6.08. The van der Waals surface area contributed by atoms with Crippen LogP contribution in [0.4, 0.5) is 23.1 Å². The molecule has 7 heteroatoms. The molecule has 2 N–H and O–H groups in total. The van der Waals surface area contributed by atoms with Gasteiger partial charge in [0.2, 0.25) is 5.95 Å². The minimum absolute atomic E-state index is 0.0234. The van der Waals surface area contributed by atoms with Crippen LogP contribution in [0.5, 0.6) is 5.75 Å². The molecule has 138 valence electrons. The first-order valence-corrected chi connectivity index (χ1v) is 8.66. The van der Waals surface area contributed by atoms with Gasteiger partial charge in [-0.3, -0.25) is 4.79 Å². The van der Waals surface area contributed by atoms with Gasteiger partial charge < -0.3 is 15.4 Å². The van der Waals surface area contributed by atoms with Gasteiger partial charge in [0.05, 0.1) is 12.8 Å². The number of carbonyl (C=O) groups is 1. The second-order valence-electron chi connectivity index (χ2n) is 5.95. The molecule has 0 unspecified atom stereocenters. The van der Waals surface area contributed by atoms with Crippen molar-refractivity contribution < 1.29 is 9.53 Å². The number of aryl methyl sites for hydroxylation is 1. The molecule has 0 spiro atoms. The zero-order chi connectivity index (χ0) is 19.4. The first-order chi connectivity index (χ1) is 12.9. The summed E-state index contributed by atoms with van der Waals surface area (Å²) in [6, 6.07) is 14.3. The summed E-state index contributed by atoms with van der Waals surface area (Å²) in [5.74, 6) is 1.72. The highest BCUT2D eigenvalue weighted by Crippen LogP contribution is 2.30. The molecule has 1 aromatic heterocycles. The Morgan fingerprint density at radius 2 is 1.78 bits per heavy atom. The molecule has 2 aromatic carbocycles. The topological polar surface area (TPSA) is 76.1 Å². The van der Waals surface area contributed by atoms with Gasteiger partial charge in [-0.05, 0) is 56.3 Å². The number of hydrogen-bond acceptors (Lipinski definition) is 6. The normalized spacial score (nSPS) is 10.4. The molecular formula is C20H19ClN4O2. The maximum absolute atomic E-state index is 11.4. The van der Waals surface area contributed by atoms with Crippen LogP contribution in [0.3, 0.4) is 0 Å². The van der Waals surface area contributed by atoms with E-state index in [1.165, 1.54) is 6.92 Å². The lowest BCUT2D eigenvalue weighted by atomic mass is 10.1. The van der Waals surface area contributed by atoms with Crippen LogP contribution in [0.2, 0.25) is 5.02 Å². The number of halogens is 1. The first kappa shape index (κ1) is 18.7. The van der Waals surface area contributed by atoms with Crippen LogP contribution in [-0.4, -0.2) is 22.9 Å². The van der Waals surface area contributed by atoms with Gasteiger partial charge in [0, 0.05) is 28.0 Å². The second kappa shape index (κ2) is 8.05. The number of methoxy groups -OCH3 is 1. The molecule has 0 atom stereocenters. The van der Waals surface area contributed by atoms with Gasteiger partial charge in [0.25, 0.3) is 0 Å². The molecule has 0 bridgehead atoms. The molecule has 0 saturated heterocycles. The molecule has 3 aromatic rings. The highest BCUT2D eigenvalue weighted by molar-refractivity contribution is 6.31. The Balaban J connectivity index is 1.84. The van der Waals surface area contributed by atoms with Crippen LogP contribution >= 0.6 is 11.6 Å². The summed E-state index contributed by atoms with van der Waals surface area (Å²) in [6.45, 7) is 3.42. The van der Waals surface area contributed by atoms with Crippen LogP contribution in [0, 0.1) is 6.92 Å². The molecule has 0 aliphatic heterocycles. The number of Topliss-reactive ketones (excluding diaryl/α,β-unsaturated/α-hetero) is 1. The van der Waals surface area contributed by atoms with E-state index >= 15 is 0 Å². The summed E-state index contributed by atoms with van der Waals surface area (Å²) in [7, 11) is 1.59. The zero-order valence-corrected chi connectivity index (χ0v) is 16.0. The Morgan fingerprint density at radius 1 is 1.04 bits per heavy atom. The first-order valence-electron chi connectivity index (χ1n) is 8.29. The van der Waals surface area contributed by atoms with Crippen LogP contribution in [0.25, 0.3) is 0 Å². The molecule has 0 aliphatic rings. The standard InChI is InChI=1S/C20H19ClN4O2/c1-12-10-19(24-17-11-15(21)6-9-18(17)27-3)25-20(22-12)23-16-7-4-14(5-8-16)13(2)26/h4-11H,1-3H3,(H2,22,23,24,25). The molecule has 3 rings (SSSR count). The Hall–Kier alpha value is -3.12. The summed E-state index contributed by atoms with van der Waals surface area (Å²) in [4.78, 5) is 20.3. The van der Waals surface area contributed by atoms with Gasteiger partial charge in [0.15, 0.2) is 5.78 Å². The maximum atomic E-state index is 11.4. The van der Waals surface area contributed by atoms with E-state index in [4.69, 9.17) is 16.3 Å². The predicted octanol–water partition coefficient (Wildman–Crippen LogP) is 5.14. The minimum Gasteiger partial charge on any atom is -0.495 e. The Kier molecular flexibility index (Phi) is 5.57. The van der Waals surface area contributed by atoms with E-state index in [1.807, 2.05) is 25.1 Å². The number of nitrogens with zero attached hydrogens (tertiary/aromatic N) is 2. The third-order valence-electron chi connectivity index (χ3n) is 3.83. The fourth-order valence-electron chi connectivity index (χ4n) is 2.52. The molecular weight excluding hydrogens is 364 g/mol. The van der Waals surface area contributed by atoms with Crippen molar-refractivity contribution in [1.29, 1.82) is 0 Å². The van der Waals surface area contributed by atoms with Crippen molar-refractivity contribution in [2.45, 2.75) is 13.8 Å².